The van der Waals surface area contributed by atoms with Gasteiger partial charge in [-0.15, -0.1) is 0 Å². The zero-order valence-electron chi connectivity index (χ0n) is 20.1. The second-order valence-electron chi connectivity index (χ2n) is 9.37. The van der Waals surface area contributed by atoms with Gasteiger partial charge in [0.2, 0.25) is 0 Å². The van der Waals surface area contributed by atoms with Crippen LogP contribution in [0, 0.1) is 0 Å². The van der Waals surface area contributed by atoms with Gasteiger partial charge in [-0.1, -0.05) is 109 Å². The molecule has 0 N–H and O–H groups in total. The van der Waals surface area contributed by atoms with E-state index in [2.05, 4.69) is 114 Å². The number of rotatable bonds is 4. The van der Waals surface area contributed by atoms with E-state index in [0.717, 1.165) is 23.1 Å². The second kappa shape index (κ2) is 8.61. The average Bonchev–Trinajstić information content (AvgIpc) is 3.31. The zero-order chi connectivity index (χ0) is 24.8. The molecule has 0 spiro atoms. The van der Waals surface area contributed by atoms with Gasteiger partial charge in [-0.2, -0.15) is 0 Å². The van der Waals surface area contributed by atoms with Crippen molar-refractivity contribution in [1.82, 2.24) is 4.57 Å². The van der Waals surface area contributed by atoms with Crippen LogP contribution in [0.3, 0.4) is 0 Å². The lowest BCUT2D eigenvalue weighted by Gasteiger charge is -2.14. The number of aromatic nitrogens is 1. The molecular weight excluding hydrogens is 450 g/mol. The summed E-state index contributed by atoms with van der Waals surface area (Å²) in [7, 11) is 0. The van der Waals surface area contributed by atoms with Crippen molar-refractivity contribution in [2.24, 2.45) is 0 Å². The molecule has 0 aliphatic carbocycles. The van der Waals surface area contributed by atoms with Gasteiger partial charge >= 0.3 is 0 Å². The van der Waals surface area contributed by atoms with E-state index >= 15 is 0 Å². The monoisotopic (exact) mass is 473 g/mol. The Balaban J connectivity index is 1.39. The summed E-state index contributed by atoms with van der Waals surface area (Å²) in [5.74, 6) is 0. The lowest BCUT2D eigenvalue weighted by Crippen LogP contribution is -1.94. The van der Waals surface area contributed by atoms with Crippen molar-refractivity contribution >= 4 is 38.9 Å². The Kier molecular flexibility index (Phi) is 4.97. The molecule has 0 radical (unpaired) electrons. The second-order valence-corrected chi connectivity index (χ2v) is 9.37. The molecule has 1 aromatic heterocycles. The van der Waals surface area contributed by atoms with Gasteiger partial charge in [-0.05, 0) is 57.3 Å². The molecule has 0 aliphatic rings. The van der Waals surface area contributed by atoms with E-state index in [1.807, 2.05) is 24.3 Å². The highest BCUT2D eigenvalue weighted by molar-refractivity contribution is 6.09. The van der Waals surface area contributed by atoms with Crippen LogP contribution >= 0.6 is 0 Å². The van der Waals surface area contributed by atoms with E-state index in [1.165, 1.54) is 43.7 Å². The van der Waals surface area contributed by atoms with Gasteiger partial charge in [0.15, 0.2) is 0 Å². The summed E-state index contributed by atoms with van der Waals surface area (Å²) >= 11 is 0. The summed E-state index contributed by atoms with van der Waals surface area (Å²) in [4.78, 5) is 11.2. The van der Waals surface area contributed by atoms with Crippen LogP contribution in [0.25, 0.3) is 60.5 Å². The van der Waals surface area contributed by atoms with E-state index < -0.39 is 0 Å². The summed E-state index contributed by atoms with van der Waals surface area (Å²) in [5, 5.41) is 4.94. The van der Waals surface area contributed by atoms with E-state index in [4.69, 9.17) is 0 Å². The van der Waals surface area contributed by atoms with Crippen molar-refractivity contribution in [1.29, 1.82) is 0 Å². The van der Waals surface area contributed by atoms with Crippen LogP contribution in [0.4, 0.5) is 0 Å². The molecular formula is C35H23NO. The number of aldehydes is 1. The van der Waals surface area contributed by atoms with Gasteiger partial charge in [-0.25, -0.2) is 0 Å². The SMILES string of the molecule is O=Cc1ccc(-c2cccc3cccc(-c4ccc(-n5c6ccccc6c6ccccc65)cc4)c23)cc1. The molecule has 2 heteroatoms. The van der Waals surface area contributed by atoms with Crippen LogP contribution in [0.15, 0.2) is 133 Å². The maximum Gasteiger partial charge on any atom is 0.150 e. The largest absolute Gasteiger partial charge is 0.309 e. The van der Waals surface area contributed by atoms with Crippen LogP contribution in [0.2, 0.25) is 0 Å². The molecule has 7 aromatic rings. The van der Waals surface area contributed by atoms with Gasteiger partial charge in [0.25, 0.3) is 0 Å². The van der Waals surface area contributed by atoms with Gasteiger partial charge < -0.3 is 4.57 Å². The van der Waals surface area contributed by atoms with E-state index in [1.54, 1.807) is 0 Å². The van der Waals surface area contributed by atoms with Crippen molar-refractivity contribution in [3.05, 3.63) is 139 Å². The predicted octanol–water partition coefficient (Wildman–Crippen LogP) is 9.08. The Morgan fingerprint density at radius 3 is 1.54 bits per heavy atom. The maximum atomic E-state index is 11.2. The van der Waals surface area contributed by atoms with Crippen molar-refractivity contribution in [3.8, 4) is 27.9 Å². The van der Waals surface area contributed by atoms with Gasteiger partial charge in [0.1, 0.15) is 6.29 Å². The predicted molar refractivity (Wildman–Crippen MR) is 155 cm³/mol. The number of carbonyl (C=O) groups excluding carboxylic acids is 1. The molecule has 0 bridgehead atoms. The summed E-state index contributed by atoms with van der Waals surface area (Å²) in [5.41, 5.74) is 8.89. The third-order valence-electron chi connectivity index (χ3n) is 7.28. The number of hydrogen-bond donors (Lipinski definition) is 0. The number of carbonyl (C=O) groups is 1. The van der Waals surface area contributed by atoms with Gasteiger partial charge in [0.05, 0.1) is 11.0 Å². The van der Waals surface area contributed by atoms with Gasteiger partial charge in [0, 0.05) is 22.0 Å². The first-order valence-electron chi connectivity index (χ1n) is 12.5. The third kappa shape index (κ3) is 3.46. The average molecular weight is 474 g/mol. The summed E-state index contributed by atoms with van der Waals surface area (Å²) in [6, 6.07) is 46.8. The van der Waals surface area contributed by atoms with Crippen LogP contribution in [0.5, 0.6) is 0 Å². The van der Waals surface area contributed by atoms with Crippen molar-refractivity contribution in [3.63, 3.8) is 0 Å². The first-order valence-corrected chi connectivity index (χ1v) is 12.5. The fourth-order valence-corrected chi connectivity index (χ4v) is 5.55. The topological polar surface area (TPSA) is 22.0 Å². The highest BCUT2D eigenvalue weighted by Gasteiger charge is 2.13. The molecule has 1 heterocycles. The Bertz CT molecular complexity index is 1870. The molecule has 0 aliphatic heterocycles. The molecule has 2 nitrogen and oxygen atoms in total. The van der Waals surface area contributed by atoms with Crippen LogP contribution in [-0.2, 0) is 0 Å². The Morgan fingerprint density at radius 2 is 1.00 bits per heavy atom. The fraction of sp³-hybridized carbons (Fsp3) is 0. The zero-order valence-corrected chi connectivity index (χ0v) is 20.1. The number of hydrogen-bond acceptors (Lipinski definition) is 1. The van der Waals surface area contributed by atoms with E-state index in [9.17, 15) is 4.79 Å². The fourth-order valence-electron chi connectivity index (χ4n) is 5.55. The first kappa shape index (κ1) is 21.3. The molecule has 0 atom stereocenters. The molecule has 37 heavy (non-hydrogen) atoms. The summed E-state index contributed by atoms with van der Waals surface area (Å²) in [6.45, 7) is 0. The summed E-state index contributed by atoms with van der Waals surface area (Å²) in [6.07, 6.45) is 0.886. The third-order valence-corrected chi connectivity index (χ3v) is 7.28. The van der Waals surface area contributed by atoms with Gasteiger partial charge in [-0.3, -0.25) is 4.79 Å². The Labute approximate surface area is 215 Å². The summed E-state index contributed by atoms with van der Waals surface area (Å²) < 4.78 is 2.34. The lowest BCUT2D eigenvalue weighted by atomic mass is 9.91. The van der Waals surface area contributed by atoms with E-state index in [0.29, 0.717) is 5.56 Å². The van der Waals surface area contributed by atoms with Crippen molar-refractivity contribution < 1.29 is 4.79 Å². The normalized spacial score (nSPS) is 11.4. The quantitative estimate of drug-likeness (QED) is 0.234. The number of fused-ring (bicyclic) bond motifs is 4. The van der Waals surface area contributed by atoms with Crippen LogP contribution < -0.4 is 0 Å². The van der Waals surface area contributed by atoms with Crippen LogP contribution in [-0.4, -0.2) is 10.9 Å². The van der Waals surface area contributed by atoms with E-state index in [-0.39, 0.29) is 0 Å². The number of para-hydroxylation sites is 2. The highest BCUT2D eigenvalue weighted by atomic mass is 16.1. The Morgan fingerprint density at radius 1 is 0.486 bits per heavy atom. The smallest absolute Gasteiger partial charge is 0.150 e. The lowest BCUT2D eigenvalue weighted by molar-refractivity contribution is 0.112. The maximum absolute atomic E-state index is 11.2. The molecule has 0 saturated carbocycles. The number of nitrogens with zero attached hydrogens (tertiary/aromatic N) is 1. The minimum absolute atomic E-state index is 0.685. The molecule has 174 valence electrons. The highest BCUT2D eigenvalue weighted by Crippen LogP contribution is 2.38. The standard InChI is InChI=1S/C35H23NO/c37-23-24-15-17-25(18-16-24)29-11-5-7-27-8-6-12-30(35(27)29)26-19-21-28(22-20-26)36-33-13-3-1-9-31(33)32-10-2-4-14-34(32)36/h1-23H. The molecule has 0 saturated heterocycles. The molecule has 7 rings (SSSR count). The molecule has 6 aromatic carbocycles. The number of benzene rings is 6. The Hall–Kier alpha value is -4.95. The van der Waals surface area contributed by atoms with Crippen molar-refractivity contribution in [2.75, 3.05) is 0 Å². The minimum Gasteiger partial charge on any atom is -0.309 e. The molecule has 0 amide bonds. The molecule has 0 fully saturated rings. The van der Waals surface area contributed by atoms with Crippen molar-refractivity contribution in [2.45, 2.75) is 0 Å². The first-order chi connectivity index (χ1) is 18.3. The van der Waals surface area contributed by atoms with Crippen LogP contribution in [0.1, 0.15) is 10.4 Å². The molecule has 0 unspecified atom stereocenters. The minimum atomic E-state index is 0.685.